The lowest BCUT2D eigenvalue weighted by atomic mass is 10.2. The second-order valence-corrected chi connectivity index (χ2v) is 9.01. The van der Waals surface area contributed by atoms with Crippen LogP contribution in [0.2, 0.25) is 0 Å². The molecule has 5 nitrogen and oxygen atoms in total. The fraction of sp³-hybridized carbons (Fsp3) is 0.0952. The Bertz CT molecular complexity index is 1090. The van der Waals surface area contributed by atoms with E-state index in [1.165, 1.54) is 19.2 Å². The van der Waals surface area contributed by atoms with Gasteiger partial charge in [-0.15, -0.1) is 0 Å². The number of rotatable bonds is 5. The van der Waals surface area contributed by atoms with Crippen LogP contribution in [0.1, 0.15) is 15.9 Å². The number of carbonyl (C=O) groups is 1. The quantitative estimate of drug-likeness (QED) is 0.472. The normalized spacial score (nSPS) is 11.1. The van der Waals surface area contributed by atoms with Crippen LogP contribution in [0, 0.1) is 10.5 Å². The minimum Gasteiger partial charge on any atom is -0.497 e. The second-order valence-electron chi connectivity index (χ2n) is 6.07. The molecule has 1 amide bonds. The van der Waals surface area contributed by atoms with Crippen molar-refractivity contribution in [2.75, 3.05) is 11.4 Å². The molecule has 0 aliphatic heterocycles. The minimum atomic E-state index is -4.11. The van der Waals surface area contributed by atoms with Crippen LogP contribution < -0.4 is 9.04 Å². The molecular formula is C21H18INO4S. The number of hydrogen-bond acceptors (Lipinski definition) is 4. The molecule has 144 valence electrons. The highest BCUT2D eigenvalue weighted by atomic mass is 127. The Labute approximate surface area is 178 Å². The summed E-state index contributed by atoms with van der Waals surface area (Å²) in [6, 6.07) is 19.7. The predicted octanol–water partition coefficient (Wildman–Crippen LogP) is 4.64. The van der Waals surface area contributed by atoms with Crippen LogP contribution in [-0.4, -0.2) is 21.4 Å². The van der Waals surface area contributed by atoms with Gasteiger partial charge >= 0.3 is 0 Å². The smallest absolute Gasteiger partial charge is 0.273 e. The Morgan fingerprint density at radius 2 is 1.54 bits per heavy atom. The van der Waals surface area contributed by atoms with Crippen molar-refractivity contribution in [3.05, 3.63) is 87.5 Å². The molecule has 7 heteroatoms. The first-order chi connectivity index (χ1) is 13.3. The molecule has 0 aliphatic rings. The maximum absolute atomic E-state index is 13.4. The van der Waals surface area contributed by atoms with Gasteiger partial charge in [-0.05, 0) is 78.0 Å². The molecule has 3 aromatic rings. The number of carbonyl (C=O) groups excluding carboxylic acids is 1. The van der Waals surface area contributed by atoms with Crippen LogP contribution in [0.15, 0.2) is 77.7 Å². The minimum absolute atomic E-state index is 0.0493. The zero-order chi connectivity index (χ0) is 20.3. The molecule has 0 N–H and O–H groups in total. The van der Waals surface area contributed by atoms with Crippen molar-refractivity contribution >= 4 is 44.2 Å². The summed E-state index contributed by atoms with van der Waals surface area (Å²) in [6.45, 7) is 1.87. The van der Waals surface area contributed by atoms with E-state index in [2.05, 4.69) is 0 Å². The summed E-state index contributed by atoms with van der Waals surface area (Å²) in [6.07, 6.45) is 0. The maximum Gasteiger partial charge on any atom is 0.273 e. The van der Waals surface area contributed by atoms with E-state index in [9.17, 15) is 13.2 Å². The number of amides is 1. The van der Waals surface area contributed by atoms with Crippen molar-refractivity contribution in [2.24, 2.45) is 0 Å². The topological polar surface area (TPSA) is 63.7 Å². The van der Waals surface area contributed by atoms with Crippen molar-refractivity contribution in [2.45, 2.75) is 11.8 Å². The van der Waals surface area contributed by atoms with E-state index in [4.69, 9.17) is 4.74 Å². The van der Waals surface area contributed by atoms with Crippen molar-refractivity contribution in [1.82, 2.24) is 0 Å². The van der Waals surface area contributed by atoms with Gasteiger partial charge in [0, 0.05) is 3.57 Å². The number of halogens is 1. The highest BCUT2D eigenvalue weighted by molar-refractivity contribution is 14.1. The first-order valence-electron chi connectivity index (χ1n) is 8.39. The van der Waals surface area contributed by atoms with Gasteiger partial charge in [-0.2, -0.15) is 4.31 Å². The van der Waals surface area contributed by atoms with Crippen LogP contribution in [-0.2, 0) is 10.0 Å². The van der Waals surface area contributed by atoms with E-state index in [1.54, 1.807) is 60.7 Å². The number of ether oxygens (including phenoxy) is 1. The van der Waals surface area contributed by atoms with Crippen molar-refractivity contribution in [3.63, 3.8) is 0 Å². The summed E-state index contributed by atoms with van der Waals surface area (Å²) < 4.78 is 33.4. The molecule has 0 radical (unpaired) electrons. The van der Waals surface area contributed by atoms with Gasteiger partial charge in [-0.3, -0.25) is 4.79 Å². The van der Waals surface area contributed by atoms with E-state index in [0.29, 0.717) is 14.9 Å². The summed E-state index contributed by atoms with van der Waals surface area (Å²) >= 11 is 2.02. The van der Waals surface area contributed by atoms with E-state index in [0.717, 1.165) is 9.87 Å². The molecule has 0 heterocycles. The number of aryl methyl sites for hydroxylation is 1. The lowest BCUT2D eigenvalue weighted by Gasteiger charge is -2.23. The van der Waals surface area contributed by atoms with Gasteiger partial charge in [0.25, 0.3) is 15.9 Å². The summed E-state index contributed by atoms with van der Waals surface area (Å²) in [5.41, 5.74) is 1.49. The molecule has 0 fully saturated rings. The lowest BCUT2D eigenvalue weighted by Crippen LogP contribution is -2.37. The van der Waals surface area contributed by atoms with Crippen LogP contribution in [0.5, 0.6) is 5.75 Å². The largest absolute Gasteiger partial charge is 0.497 e. The lowest BCUT2D eigenvalue weighted by molar-refractivity contribution is 0.100. The number of sulfonamides is 1. The van der Waals surface area contributed by atoms with Gasteiger partial charge in [-0.25, -0.2) is 8.42 Å². The van der Waals surface area contributed by atoms with E-state index < -0.39 is 15.9 Å². The van der Waals surface area contributed by atoms with Gasteiger partial charge in [0.05, 0.1) is 23.3 Å². The van der Waals surface area contributed by atoms with E-state index >= 15 is 0 Å². The third kappa shape index (κ3) is 4.05. The summed E-state index contributed by atoms with van der Waals surface area (Å²) in [5, 5.41) is 0. The second kappa shape index (κ2) is 8.32. The molecule has 0 bridgehead atoms. The van der Waals surface area contributed by atoms with Crippen molar-refractivity contribution in [1.29, 1.82) is 0 Å². The number of hydrogen-bond donors (Lipinski definition) is 0. The number of anilines is 1. The molecule has 0 aliphatic carbocycles. The molecule has 0 atom stereocenters. The van der Waals surface area contributed by atoms with E-state index in [-0.39, 0.29) is 10.6 Å². The molecule has 3 rings (SSSR count). The highest BCUT2D eigenvalue weighted by Gasteiger charge is 2.32. The number of methoxy groups -OCH3 is 1. The molecule has 0 saturated heterocycles. The first kappa shape index (κ1) is 20.3. The SMILES string of the molecule is COc1ccc(N(C(=O)c2ccccc2I)S(=O)(=O)c2ccc(C)cc2)cc1. The number of benzene rings is 3. The number of nitrogens with zero attached hydrogens (tertiary/aromatic N) is 1. The Morgan fingerprint density at radius 1 is 0.929 bits per heavy atom. The summed E-state index contributed by atoms with van der Waals surface area (Å²) in [4.78, 5) is 13.4. The Kier molecular flexibility index (Phi) is 6.04. The average molecular weight is 507 g/mol. The molecule has 0 aromatic heterocycles. The Morgan fingerprint density at radius 3 is 2.11 bits per heavy atom. The van der Waals surface area contributed by atoms with Gasteiger partial charge in [0.15, 0.2) is 0 Å². The molecule has 0 unspecified atom stereocenters. The fourth-order valence-corrected chi connectivity index (χ4v) is 4.67. The van der Waals surface area contributed by atoms with Gasteiger partial charge in [0.2, 0.25) is 0 Å². The zero-order valence-electron chi connectivity index (χ0n) is 15.3. The molecule has 3 aromatic carbocycles. The Hall–Kier alpha value is -2.39. The summed E-state index contributed by atoms with van der Waals surface area (Å²) in [7, 11) is -2.59. The van der Waals surface area contributed by atoms with Crippen LogP contribution in [0.4, 0.5) is 5.69 Å². The average Bonchev–Trinajstić information content (AvgIpc) is 2.69. The maximum atomic E-state index is 13.4. The van der Waals surface area contributed by atoms with Crippen LogP contribution >= 0.6 is 22.6 Å². The molecular weight excluding hydrogens is 489 g/mol. The summed E-state index contributed by atoms with van der Waals surface area (Å²) in [5.74, 6) is -0.0473. The van der Waals surface area contributed by atoms with Crippen LogP contribution in [0.3, 0.4) is 0 Å². The fourth-order valence-electron chi connectivity index (χ4n) is 2.64. The van der Waals surface area contributed by atoms with Gasteiger partial charge < -0.3 is 4.74 Å². The van der Waals surface area contributed by atoms with Gasteiger partial charge in [0.1, 0.15) is 5.75 Å². The predicted molar refractivity (Wildman–Crippen MR) is 117 cm³/mol. The zero-order valence-corrected chi connectivity index (χ0v) is 18.3. The van der Waals surface area contributed by atoms with Crippen molar-refractivity contribution in [3.8, 4) is 5.75 Å². The van der Waals surface area contributed by atoms with Crippen LogP contribution in [0.25, 0.3) is 0 Å². The van der Waals surface area contributed by atoms with Crippen molar-refractivity contribution < 1.29 is 17.9 Å². The molecule has 28 heavy (non-hydrogen) atoms. The first-order valence-corrected chi connectivity index (χ1v) is 10.9. The molecule has 0 saturated carbocycles. The standard InChI is InChI=1S/C21H18INO4S/c1-15-7-13-18(14-8-15)28(25,26)23(16-9-11-17(27-2)12-10-16)21(24)19-5-3-4-6-20(19)22/h3-14H,1-2H3. The van der Waals surface area contributed by atoms with Gasteiger partial charge in [-0.1, -0.05) is 29.8 Å². The third-order valence-corrected chi connectivity index (χ3v) is 6.82. The monoisotopic (exact) mass is 507 g/mol. The molecule has 0 spiro atoms. The Balaban J connectivity index is 2.17. The van der Waals surface area contributed by atoms with E-state index in [1.807, 2.05) is 29.5 Å². The third-order valence-electron chi connectivity index (χ3n) is 4.15. The highest BCUT2D eigenvalue weighted by Crippen LogP contribution is 2.29.